The Kier molecular flexibility index (Phi) is 5.61. The average Bonchev–Trinajstić information content (AvgIpc) is 2.87. The number of nitrogens with zero attached hydrogens (tertiary/aromatic N) is 1. The zero-order chi connectivity index (χ0) is 17.5. The van der Waals surface area contributed by atoms with Crippen molar-refractivity contribution in [3.05, 3.63) is 48.0 Å². The van der Waals surface area contributed by atoms with Crippen molar-refractivity contribution in [1.82, 2.24) is 0 Å². The molecule has 1 heterocycles. The van der Waals surface area contributed by atoms with Crippen molar-refractivity contribution in [3.8, 4) is 17.2 Å². The van der Waals surface area contributed by atoms with Crippen LogP contribution in [0.1, 0.15) is 12.0 Å². The summed E-state index contributed by atoms with van der Waals surface area (Å²) >= 11 is 0. The summed E-state index contributed by atoms with van der Waals surface area (Å²) in [7, 11) is 1.67. The van der Waals surface area contributed by atoms with Crippen LogP contribution < -0.4 is 25.3 Å². The Balaban J connectivity index is 1.59. The monoisotopic (exact) mass is 341 g/mol. The van der Waals surface area contributed by atoms with Gasteiger partial charge in [0.15, 0.2) is 17.5 Å². The van der Waals surface area contributed by atoms with E-state index in [2.05, 4.69) is 10.3 Å². The number of guanidine groups is 1. The van der Waals surface area contributed by atoms with Gasteiger partial charge in [0.05, 0.1) is 20.3 Å². The zero-order valence-electron chi connectivity index (χ0n) is 14.3. The van der Waals surface area contributed by atoms with Crippen LogP contribution in [0.15, 0.2) is 47.5 Å². The van der Waals surface area contributed by atoms with Gasteiger partial charge in [-0.1, -0.05) is 18.2 Å². The first-order valence-corrected chi connectivity index (χ1v) is 8.35. The van der Waals surface area contributed by atoms with Crippen LogP contribution in [0, 0.1) is 0 Å². The maximum Gasteiger partial charge on any atom is 0.193 e. The molecule has 0 unspecified atom stereocenters. The number of nitrogens with two attached hydrogens (primary N) is 1. The molecule has 0 atom stereocenters. The van der Waals surface area contributed by atoms with Crippen molar-refractivity contribution in [2.45, 2.75) is 12.8 Å². The standard InChI is InChI=1S/C19H23N3O3/c1-23-16-6-3-2-5-14(16)9-10-21-19(20)22-15-7-8-17-18(13-15)25-12-4-11-24-17/h2-3,5-8,13H,4,9-12H2,1H3,(H3,20,21,22). The predicted molar refractivity (Wildman–Crippen MR) is 98.9 cm³/mol. The number of ether oxygens (including phenoxy) is 3. The molecular formula is C19H23N3O3. The average molecular weight is 341 g/mol. The maximum absolute atomic E-state index is 5.98. The highest BCUT2D eigenvalue weighted by molar-refractivity contribution is 5.92. The second kappa shape index (κ2) is 8.28. The molecule has 0 aliphatic carbocycles. The number of benzene rings is 2. The maximum atomic E-state index is 5.98. The molecule has 3 rings (SSSR count). The van der Waals surface area contributed by atoms with E-state index in [9.17, 15) is 0 Å². The van der Waals surface area contributed by atoms with Crippen molar-refractivity contribution >= 4 is 11.6 Å². The minimum Gasteiger partial charge on any atom is -0.496 e. The van der Waals surface area contributed by atoms with Crippen molar-refractivity contribution < 1.29 is 14.2 Å². The highest BCUT2D eigenvalue weighted by atomic mass is 16.5. The summed E-state index contributed by atoms with van der Waals surface area (Å²) < 4.78 is 16.6. The number of anilines is 1. The first-order valence-electron chi connectivity index (χ1n) is 8.35. The number of nitrogens with one attached hydrogen (secondary N) is 1. The van der Waals surface area contributed by atoms with E-state index in [1.165, 1.54) is 0 Å². The second-order valence-electron chi connectivity index (χ2n) is 5.67. The summed E-state index contributed by atoms with van der Waals surface area (Å²) in [6, 6.07) is 13.6. The molecule has 6 nitrogen and oxygen atoms in total. The minimum absolute atomic E-state index is 0.365. The van der Waals surface area contributed by atoms with Gasteiger partial charge in [-0.2, -0.15) is 0 Å². The predicted octanol–water partition coefficient (Wildman–Crippen LogP) is 2.83. The third-order valence-electron chi connectivity index (χ3n) is 3.88. The lowest BCUT2D eigenvalue weighted by Crippen LogP contribution is -2.23. The number of hydrogen-bond donors (Lipinski definition) is 2. The van der Waals surface area contributed by atoms with Gasteiger partial charge in [-0.25, -0.2) is 0 Å². The van der Waals surface area contributed by atoms with E-state index >= 15 is 0 Å². The molecule has 1 aliphatic rings. The van der Waals surface area contributed by atoms with Crippen LogP contribution in [0.2, 0.25) is 0 Å². The molecular weight excluding hydrogens is 318 g/mol. The Morgan fingerprint density at radius 3 is 2.80 bits per heavy atom. The van der Waals surface area contributed by atoms with Crippen molar-refractivity contribution in [3.63, 3.8) is 0 Å². The van der Waals surface area contributed by atoms with E-state index in [1.807, 2.05) is 42.5 Å². The summed E-state index contributed by atoms with van der Waals surface area (Å²) in [4.78, 5) is 4.38. The van der Waals surface area contributed by atoms with E-state index in [0.717, 1.165) is 41.3 Å². The summed E-state index contributed by atoms with van der Waals surface area (Å²) in [5.74, 6) is 2.72. The molecule has 0 fully saturated rings. The fourth-order valence-corrected chi connectivity index (χ4v) is 2.63. The van der Waals surface area contributed by atoms with Gasteiger partial charge in [0.25, 0.3) is 0 Å². The highest BCUT2D eigenvalue weighted by Crippen LogP contribution is 2.32. The Hall–Kier alpha value is -2.89. The van der Waals surface area contributed by atoms with Crippen LogP contribution in [-0.4, -0.2) is 32.8 Å². The van der Waals surface area contributed by atoms with Gasteiger partial charge in [0.1, 0.15) is 5.75 Å². The van der Waals surface area contributed by atoms with Crippen molar-refractivity contribution in [1.29, 1.82) is 0 Å². The molecule has 0 bridgehead atoms. The molecule has 0 amide bonds. The number of aliphatic imine (C=N–C) groups is 1. The highest BCUT2D eigenvalue weighted by Gasteiger charge is 2.10. The third-order valence-corrected chi connectivity index (χ3v) is 3.88. The van der Waals surface area contributed by atoms with Gasteiger partial charge in [0.2, 0.25) is 0 Å². The SMILES string of the molecule is COc1ccccc1CCN=C(N)Nc1ccc2c(c1)OCCCO2. The fraction of sp³-hybridized carbons (Fsp3) is 0.316. The first kappa shape index (κ1) is 17.0. The number of para-hydroxylation sites is 1. The van der Waals surface area contributed by atoms with Gasteiger partial charge in [-0.3, -0.25) is 4.99 Å². The number of rotatable bonds is 5. The Bertz CT molecular complexity index is 746. The molecule has 0 aromatic heterocycles. The summed E-state index contributed by atoms with van der Waals surface area (Å²) in [5, 5.41) is 3.09. The normalized spacial score (nSPS) is 13.9. The quantitative estimate of drug-likeness (QED) is 0.646. The Morgan fingerprint density at radius 1 is 1.16 bits per heavy atom. The molecule has 25 heavy (non-hydrogen) atoms. The lowest BCUT2D eigenvalue weighted by molar-refractivity contribution is 0.297. The van der Waals surface area contributed by atoms with E-state index in [1.54, 1.807) is 7.11 Å². The summed E-state index contributed by atoms with van der Waals surface area (Å²) in [5.41, 5.74) is 7.91. The fourth-order valence-electron chi connectivity index (χ4n) is 2.63. The van der Waals surface area contributed by atoms with Crippen LogP contribution in [0.4, 0.5) is 5.69 Å². The molecule has 0 saturated heterocycles. The molecule has 2 aromatic carbocycles. The number of hydrogen-bond acceptors (Lipinski definition) is 4. The van der Waals surface area contributed by atoms with Crippen LogP contribution in [0.5, 0.6) is 17.2 Å². The van der Waals surface area contributed by atoms with E-state index in [-0.39, 0.29) is 0 Å². The Labute approximate surface area is 147 Å². The van der Waals surface area contributed by atoms with Gasteiger partial charge >= 0.3 is 0 Å². The Morgan fingerprint density at radius 2 is 1.96 bits per heavy atom. The number of fused-ring (bicyclic) bond motifs is 1. The molecule has 0 radical (unpaired) electrons. The lowest BCUT2D eigenvalue weighted by Gasteiger charge is -2.11. The van der Waals surface area contributed by atoms with E-state index in [4.69, 9.17) is 19.9 Å². The second-order valence-corrected chi connectivity index (χ2v) is 5.67. The molecule has 0 saturated carbocycles. The lowest BCUT2D eigenvalue weighted by atomic mass is 10.1. The summed E-state index contributed by atoms with van der Waals surface area (Å²) in [6.45, 7) is 1.90. The third kappa shape index (κ3) is 4.56. The molecule has 0 spiro atoms. The smallest absolute Gasteiger partial charge is 0.193 e. The van der Waals surface area contributed by atoms with Gasteiger partial charge in [0, 0.05) is 24.7 Å². The minimum atomic E-state index is 0.365. The van der Waals surface area contributed by atoms with Gasteiger partial charge < -0.3 is 25.3 Å². The molecule has 3 N–H and O–H groups in total. The topological polar surface area (TPSA) is 78.1 Å². The van der Waals surface area contributed by atoms with Crippen molar-refractivity contribution in [2.24, 2.45) is 10.7 Å². The van der Waals surface area contributed by atoms with Crippen LogP contribution in [0.3, 0.4) is 0 Å². The summed E-state index contributed by atoms with van der Waals surface area (Å²) in [6.07, 6.45) is 1.64. The van der Waals surface area contributed by atoms with E-state index < -0.39 is 0 Å². The van der Waals surface area contributed by atoms with Crippen molar-refractivity contribution in [2.75, 3.05) is 32.2 Å². The van der Waals surface area contributed by atoms with Crippen LogP contribution >= 0.6 is 0 Å². The molecule has 6 heteroatoms. The molecule has 132 valence electrons. The largest absolute Gasteiger partial charge is 0.496 e. The zero-order valence-corrected chi connectivity index (χ0v) is 14.3. The van der Waals surface area contributed by atoms with Crippen LogP contribution in [-0.2, 0) is 6.42 Å². The van der Waals surface area contributed by atoms with Gasteiger partial charge in [-0.15, -0.1) is 0 Å². The first-order chi connectivity index (χ1) is 12.3. The van der Waals surface area contributed by atoms with Crippen LogP contribution in [0.25, 0.3) is 0 Å². The molecule has 2 aromatic rings. The van der Waals surface area contributed by atoms with E-state index in [0.29, 0.717) is 25.7 Å². The van der Waals surface area contributed by atoms with Gasteiger partial charge in [-0.05, 0) is 30.2 Å². The number of methoxy groups -OCH3 is 1. The molecule has 1 aliphatic heterocycles.